The number of nitrogens with zero attached hydrogens (tertiary/aromatic N) is 2. The first-order valence-corrected chi connectivity index (χ1v) is 5.66. The number of carbonyl (C=O) groups is 1. The molecule has 1 aromatic rings. The van der Waals surface area contributed by atoms with Crippen LogP contribution >= 0.6 is 0 Å². The molecule has 1 amide bonds. The van der Waals surface area contributed by atoms with Gasteiger partial charge in [-0.1, -0.05) is 0 Å². The van der Waals surface area contributed by atoms with Gasteiger partial charge < -0.3 is 15.4 Å². The van der Waals surface area contributed by atoms with Crippen molar-refractivity contribution in [2.24, 2.45) is 7.05 Å². The maximum atomic E-state index is 11.3. The number of nitrogens with one attached hydrogen (secondary N) is 2. The van der Waals surface area contributed by atoms with Gasteiger partial charge >= 0.3 is 0 Å². The van der Waals surface area contributed by atoms with Crippen LogP contribution in [0.2, 0.25) is 0 Å². The van der Waals surface area contributed by atoms with Crippen molar-refractivity contribution in [3.05, 3.63) is 18.0 Å². The fourth-order valence-electron chi connectivity index (χ4n) is 1.38. The van der Waals surface area contributed by atoms with Crippen LogP contribution in [0.3, 0.4) is 0 Å². The zero-order chi connectivity index (χ0) is 12.5. The van der Waals surface area contributed by atoms with Crippen molar-refractivity contribution in [3.63, 3.8) is 0 Å². The molecule has 0 aliphatic rings. The number of amides is 1. The van der Waals surface area contributed by atoms with Crippen molar-refractivity contribution in [2.45, 2.75) is 13.0 Å². The quantitative estimate of drug-likeness (QED) is 0.610. The number of hydrogen-bond acceptors (Lipinski definition) is 4. The van der Waals surface area contributed by atoms with Gasteiger partial charge in [-0.15, -0.1) is 0 Å². The summed E-state index contributed by atoms with van der Waals surface area (Å²) in [6, 6.07) is 0. The number of hydrogen-bond donors (Lipinski definition) is 2. The molecule has 0 atom stereocenters. The van der Waals surface area contributed by atoms with Gasteiger partial charge in [0.1, 0.15) is 0 Å². The highest BCUT2D eigenvalue weighted by Gasteiger charge is 2.00. The van der Waals surface area contributed by atoms with Crippen molar-refractivity contribution in [1.29, 1.82) is 0 Å². The molecule has 0 fully saturated rings. The second-order valence-corrected chi connectivity index (χ2v) is 3.79. The van der Waals surface area contributed by atoms with Gasteiger partial charge in [0.2, 0.25) is 5.91 Å². The Bertz CT molecular complexity index is 338. The molecule has 0 unspecified atom stereocenters. The van der Waals surface area contributed by atoms with E-state index >= 15 is 0 Å². The van der Waals surface area contributed by atoms with Crippen LogP contribution in [-0.4, -0.2) is 42.5 Å². The summed E-state index contributed by atoms with van der Waals surface area (Å²) in [6.07, 6.45) is 4.24. The lowest BCUT2D eigenvalue weighted by Crippen LogP contribution is -2.29. The molecule has 0 spiro atoms. The van der Waals surface area contributed by atoms with Crippen LogP contribution in [0.1, 0.15) is 12.0 Å². The zero-order valence-electron chi connectivity index (χ0n) is 10.4. The maximum Gasteiger partial charge on any atom is 0.221 e. The standard InChI is InChI=1S/C11H20N4O2/c1-15-9-10(8-14-15)7-12-4-3-11(16)13-5-6-17-2/h8-9,12H,3-7H2,1-2H3,(H,13,16). The number of ether oxygens (including phenoxy) is 1. The topological polar surface area (TPSA) is 68.2 Å². The Hall–Kier alpha value is -1.40. The Morgan fingerprint density at radius 3 is 3.00 bits per heavy atom. The van der Waals surface area contributed by atoms with Crippen molar-refractivity contribution in [2.75, 3.05) is 26.8 Å². The molecule has 1 rings (SSSR count). The number of aryl methyl sites for hydroxylation is 1. The predicted octanol–water partition coefficient (Wildman–Crippen LogP) is -0.338. The van der Waals surface area contributed by atoms with E-state index < -0.39 is 0 Å². The second-order valence-electron chi connectivity index (χ2n) is 3.79. The minimum atomic E-state index is 0.0423. The number of methoxy groups -OCH3 is 1. The van der Waals surface area contributed by atoms with E-state index in [1.165, 1.54) is 0 Å². The highest BCUT2D eigenvalue weighted by Crippen LogP contribution is 1.94. The minimum Gasteiger partial charge on any atom is -0.383 e. The lowest BCUT2D eigenvalue weighted by molar-refractivity contribution is -0.121. The number of carbonyl (C=O) groups excluding carboxylic acids is 1. The molecule has 17 heavy (non-hydrogen) atoms. The predicted molar refractivity (Wildman–Crippen MR) is 64.4 cm³/mol. The van der Waals surface area contributed by atoms with Crippen LogP contribution in [0.15, 0.2) is 12.4 Å². The van der Waals surface area contributed by atoms with E-state index in [2.05, 4.69) is 15.7 Å². The van der Waals surface area contributed by atoms with Gasteiger partial charge in [0.25, 0.3) is 0 Å². The average molecular weight is 240 g/mol. The lowest BCUT2D eigenvalue weighted by Gasteiger charge is -2.05. The van der Waals surface area contributed by atoms with Crippen LogP contribution in [0.5, 0.6) is 0 Å². The molecule has 0 saturated heterocycles. The summed E-state index contributed by atoms with van der Waals surface area (Å²) in [7, 11) is 3.49. The highest BCUT2D eigenvalue weighted by molar-refractivity contribution is 5.75. The summed E-state index contributed by atoms with van der Waals surface area (Å²) < 4.78 is 6.60. The fraction of sp³-hybridized carbons (Fsp3) is 0.636. The molecular weight excluding hydrogens is 220 g/mol. The fourth-order valence-corrected chi connectivity index (χ4v) is 1.38. The summed E-state index contributed by atoms with van der Waals surface area (Å²) in [6.45, 7) is 2.51. The molecule has 6 nitrogen and oxygen atoms in total. The van der Waals surface area contributed by atoms with Crippen molar-refractivity contribution < 1.29 is 9.53 Å². The molecule has 6 heteroatoms. The molecule has 1 heterocycles. The third kappa shape index (κ3) is 6.03. The van der Waals surface area contributed by atoms with Crippen molar-refractivity contribution >= 4 is 5.91 Å². The second kappa shape index (κ2) is 7.81. The summed E-state index contributed by atoms with van der Waals surface area (Å²) in [5.41, 5.74) is 1.12. The van der Waals surface area contributed by atoms with Crippen LogP contribution in [0.4, 0.5) is 0 Å². The Balaban J connectivity index is 2.02. The molecule has 0 saturated carbocycles. The average Bonchev–Trinajstić information content (AvgIpc) is 2.71. The normalized spacial score (nSPS) is 10.5. The molecule has 0 radical (unpaired) electrons. The van der Waals surface area contributed by atoms with Crippen LogP contribution < -0.4 is 10.6 Å². The van der Waals surface area contributed by atoms with Gasteiger partial charge in [0, 0.05) is 52.0 Å². The largest absolute Gasteiger partial charge is 0.383 e. The summed E-state index contributed by atoms with van der Waals surface area (Å²) >= 11 is 0. The van der Waals surface area contributed by atoms with Crippen LogP contribution in [0.25, 0.3) is 0 Å². The zero-order valence-corrected chi connectivity index (χ0v) is 10.4. The Labute approximate surface area is 101 Å². The van der Waals surface area contributed by atoms with Crippen molar-refractivity contribution in [1.82, 2.24) is 20.4 Å². The van der Waals surface area contributed by atoms with Gasteiger partial charge in [-0.3, -0.25) is 9.48 Å². The van der Waals surface area contributed by atoms with E-state index in [4.69, 9.17) is 4.74 Å². The molecule has 0 aromatic carbocycles. The smallest absolute Gasteiger partial charge is 0.221 e. The molecule has 0 aliphatic carbocycles. The van der Waals surface area contributed by atoms with Gasteiger partial charge in [-0.2, -0.15) is 5.10 Å². The molecule has 2 N–H and O–H groups in total. The van der Waals surface area contributed by atoms with Gasteiger partial charge in [-0.25, -0.2) is 0 Å². The first-order valence-electron chi connectivity index (χ1n) is 5.66. The first-order chi connectivity index (χ1) is 8.22. The number of aromatic nitrogens is 2. The van der Waals surface area contributed by atoms with Crippen molar-refractivity contribution in [3.8, 4) is 0 Å². The maximum absolute atomic E-state index is 11.3. The molecular formula is C11H20N4O2. The van der Waals surface area contributed by atoms with E-state index in [-0.39, 0.29) is 5.91 Å². The first kappa shape index (κ1) is 13.7. The van der Waals surface area contributed by atoms with E-state index in [0.717, 1.165) is 12.1 Å². The summed E-state index contributed by atoms with van der Waals surface area (Å²) in [5.74, 6) is 0.0423. The molecule has 1 aromatic heterocycles. The van der Waals surface area contributed by atoms with Crippen LogP contribution in [0, 0.1) is 0 Å². The van der Waals surface area contributed by atoms with E-state index in [0.29, 0.717) is 26.1 Å². The van der Waals surface area contributed by atoms with Gasteiger partial charge in [0.15, 0.2) is 0 Å². The van der Waals surface area contributed by atoms with E-state index in [9.17, 15) is 4.79 Å². The Kier molecular flexibility index (Phi) is 6.27. The SMILES string of the molecule is COCCNC(=O)CCNCc1cnn(C)c1. The minimum absolute atomic E-state index is 0.0423. The third-order valence-electron chi connectivity index (χ3n) is 2.24. The lowest BCUT2D eigenvalue weighted by atomic mass is 10.3. The molecule has 0 aliphatic heterocycles. The summed E-state index contributed by atoms with van der Waals surface area (Å²) in [4.78, 5) is 11.3. The highest BCUT2D eigenvalue weighted by atomic mass is 16.5. The van der Waals surface area contributed by atoms with E-state index in [1.54, 1.807) is 11.8 Å². The van der Waals surface area contributed by atoms with Crippen LogP contribution in [-0.2, 0) is 23.1 Å². The molecule has 96 valence electrons. The van der Waals surface area contributed by atoms with E-state index in [1.807, 2.05) is 19.4 Å². The summed E-state index contributed by atoms with van der Waals surface area (Å²) in [5, 5.41) is 10.0. The van der Waals surface area contributed by atoms with Gasteiger partial charge in [0.05, 0.1) is 12.8 Å². The van der Waals surface area contributed by atoms with Gasteiger partial charge in [-0.05, 0) is 0 Å². The monoisotopic (exact) mass is 240 g/mol. The Morgan fingerprint density at radius 2 is 2.35 bits per heavy atom. The molecule has 0 bridgehead atoms. The third-order valence-corrected chi connectivity index (χ3v) is 2.24. The Morgan fingerprint density at radius 1 is 1.53 bits per heavy atom. The number of rotatable bonds is 8.